The average Bonchev–Trinajstić information content (AvgIpc) is 3.00. The summed E-state index contributed by atoms with van der Waals surface area (Å²) in [5.74, 6) is 0.660. The number of aromatic nitrogens is 2. The molecule has 3 nitrogen and oxygen atoms in total. The van der Waals surface area contributed by atoms with Crippen LogP contribution in [0.15, 0.2) is 83.3 Å². The number of aliphatic hydroxyl groups is 1. The van der Waals surface area contributed by atoms with Crippen molar-refractivity contribution in [2.24, 2.45) is 0 Å². The van der Waals surface area contributed by atoms with Crippen molar-refractivity contribution in [1.29, 1.82) is 0 Å². The van der Waals surface area contributed by atoms with Crippen LogP contribution >= 0.6 is 15.9 Å². The Morgan fingerprint density at radius 3 is 2.48 bits per heavy atom. The van der Waals surface area contributed by atoms with Gasteiger partial charge >= 0.3 is 0 Å². The fourth-order valence-electron chi connectivity index (χ4n) is 3.07. The summed E-state index contributed by atoms with van der Waals surface area (Å²) in [7, 11) is 0. The number of aliphatic hydroxyl groups excluding tert-OH is 1. The summed E-state index contributed by atoms with van der Waals surface area (Å²) in [4.78, 5) is 4.71. The van der Waals surface area contributed by atoms with Crippen molar-refractivity contribution in [2.75, 3.05) is 0 Å². The van der Waals surface area contributed by atoms with E-state index in [4.69, 9.17) is 4.98 Å². The predicted octanol–water partition coefficient (Wildman–Crippen LogP) is 4.93. The summed E-state index contributed by atoms with van der Waals surface area (Å²) in [5, 5.41) is 10.9. The highest BCUT2D eigenvalue weighted by Gasteiger charge is 2.19. The second kappa shape index (κ2) is 6.82. The molecule has 25 heavy (non-hydrogen) atoms. The maximum atomic E-state index is 10.9. The minimum Gasteiger partial charge on any atom is -0.380 e. The fourth-order valence-corrected chi connectivity index (χ4v) is 3.52. The van der Waals surface area contributed by atoms with Gasteiger partial charge in [-0.3, -0.25) is 0 Å². The van der Waals surface area contributed by atoms with Crippen LogP contribution in [0.25, 0.3) is 11.0 Å². The zero-order valence-electron chi connectivity index (χ0n) is 13.5. The Morgan fingerprint density at radius 2 is 1.68 bits per heavy atom. The first-order chi connectivity index (χ1) is 12.2. The standard InChI is InChI=1S/C21H17BrN2O/c22-17-10-6-7-15(13-17)14-24-19-12-5-4-11-18(19)23-21(24)20(25)16-8-2-1-3-9-16/h1-13,20,25H,14H2. The molecule has 1 unspecified atom stereocenters. The molecule has 0 aliphatic heterocycles. The summed E-state index contributed by atoms with van der Waals surface area (Å²) in [6.45, 7) is 0.652. The molecule has 0 saturated heterocycles. The van der Waals surface area contributed by atoms with Crippen LogP contribution < -0.4 is 0 Å². The van der Waals surface area contributed by atoms with Crippen molar-refractivity contribution < 1.29 is 5.11 Å². The molecule has 1 N–H and O–H groups in total. The Labute approximate surface area is 154 Å². The van der Waals surface area contributed by atoms with Crippen LogP contribution in [0.4, 0.5) is 0 Å². The van der Waals surface area contributed by atoms with E-state index in [0.717, 1.165) is 26.6 Å². The van der Waals surface area contributed by atoms with Gasteiger partial charge in [0, 0.05) is 11.0 Å². The van der Waals surface area contributed by atoms with E-state index in [9.17, 15) is 5.11 Å². The molecule has 0 saturated carbocycles. The van der Waals surface area contributed by atoms with Crippen molar-refractivity contribution in [3.05, 3.63) is 100 Å². The predicted molar refractivity (Wildman–Crippen MR) is 103 cm³/mol. The van der Waals surface area contributed by atoms with E-state index < -0.39 is 6.10 Å². The van der Waals surface area contributed by atoms with Gasteiger partial charge in [-0.15, -0.1) is 0 Å². The molecule has 0 aliphatic carbocycles. The molecule has 0 bridgehead atoms. The quantitative estimate of drug-likeness (QED) is 0.534. The Balaban J connectivity index is 1.83. The van der Waals surface area contributed by atoms with E-state index in [2.05, 4.69) is 32.6 Å². The first-order valence-electron chi connectivity index (χ1n) is 8.15. The summed E-state index contributed by atoms with van der Waals surface area (Å²) in [6, 6.07) is 25.8. The molecular weight excluding hydrogens is 376 g/mol. The lowest BCUT2D eigenvalue weighted by Crippen LogP contribution is -2.11. The molecule has 0 amide bonds. The van der Waals surface area contributed by atoms with E-state index in [1.165, 1.54) is 0 Å². The van der Waals surface area contributed by atoms with Gasteiger partial charge in [-0.25, -0.2) is 4.98 Å². The number of hydrogen-bond donors (Lipinski definition) is 1. The largest absolute Gasteiger partial charge is 0.380 e. The van der Waals surface area contributed by atoms with Gasteiger partial charge in [0.1, 0.15) is 11.9 Å². The molecule has 124 valence electrons. The zero-order chi connectivity index (χ0) is 17.2. The lowest BCUT2D eigenvalue weighted by molar-refractivity contribution is 0.206. The number of rotatable bonds is 4. The second-order valence-electron chi connectivity index (χ2n) is 5.99. The van der Waals surface area contributed by atoms with Gasteiger partial charge in [-0.2, -0.15) is 0 Å². The Kier molecular flexibility index (Phi) is 4.38. The normalized spacial score (nSPS) is 12.4. The fraction of sp³-hybridized carbons (Fsp3) is 0.0952. The Bertz CT molecular complexity index is 1010. The lowest BCUT2D eigenvalue weighted by Gasteiger charge is -2.15. The maximum absolute atomic E-state index is 10.9. The smallest absolute Gasteiger partial charge is 0.143 e. The number of fused-ring (bicyclic) bond motifs is 1. The number of benzene rings is 3. The minimum absolute atomic E-state index is 0.652. The van der Waals surface area contributed by atoms with Gasteiger partial charge in [0.2, 0.25) is 0 Å². The molecule has 1 heterocycles. The first-order valence-corrected chi connectivity index (χ1v) is 8.94. The highest BCUT2D eigenvalue weighted by molar-refractivity contribution is 9.10. The van der Waals surface area contributed by atoms with Crippen molar-refractivity contribution in [1.82, 2.24) is 9.55 Å². The summed E-state index contributed by atoms with van der Waals surface area (Å²) in [6.07, 6.45) is -0.763. The van der Waals surface area contributed by atoms with Crippen molar-refractivity contribution >= 4 is 27.0 Å². The molecule has 0 spiro atoms. The lowest BCUT2D eigenvalue weighted by atomic mass is 10.1. The van der Waals surface area contributed by atoms with Crippen LogP contribution in [0, 0.1) is 0 Å². The van der Waals surface area contributed by atoms with E-state index in [1.54, 1.807) is 0 Å². The van der Waals surface area contributed by atoms with Gasteiger partial charge in [0.05, 0.1) is 11.0 Å². The summed E-state index contributed by atoms with van der Waals surface area (Å²) >= 11 is 3.53. The molecule has 0 aliphatic rings. The zero-order valence-corrected chi connectivity index (χ0v) is 15.1. The van der Waals surface area contributed by atoms with Gasteiger partial charge in [0.25, 0.3) is 0 Å². The highest BCUT2D eigenvalue weighted by atomic mass is 79.9. The molecule has 4 aromatic rings. The first kappa shape index (κ1) is 16.1. The molecule has 1 atom stereocenters. The van der Waals surface area contributed by atoms with Crippen LogP contribution in [0.3, 0.4) is 0 Å². The SMILES string of the molecule is OC(c1ccccc1)c1nc2ccccc2n1Cc1cccc(Br)c1. The molecule has 0 fully saturated rings. The Hall–Kier alpha value is -2.43. The third kappa shape index (κ3) is 3.23. The molecule has 4 rings (SSSR count). The van der Waals surface area contributed by atoms with E-state index in [-0.39, 0.29) is 0 Å². The van der Waals surface area contributed by atoms with Gasteiger partial charge in [-0.05, 0) is 35.4 Å². The van der Waals surface area contributed by atoms with Gasteiger partial charge < -0.3 is 9.67 Å². The van der Waals surface area contributed by atoms with Crippen LogP contribution in [0.2, 0.25) is 0 Å². The van der Waals surface area contributed by atoms with Crippen molar-refractivity contribution in [2.45, 2.75) is 12.6 Å². The van der Waals surface area contributed by atoms with Crippen LogP contribution in [-0.2, 0) is 6.54 Å². The van der Waals surface area contributed by atoms with E-state index in [1.807, 2.05) is 66.7 Å². The van der Waals surface area contributed by atoms with E-state index in [0.29, 0.717) is 12.4 Å². The monoisotopic (exact) mass is 392 g/mol. The number of halogens is 1. The summed E-state index contributed by atoms with van der Waals surface area (Å²) in [5.41, 5.74) is 3.90. The Morgan fingerprint density at radius 1 is 0.920 bits per heavy atom. The van der Waals surface area contributed by atoms with Crippen LogP contribution in [0.5, 0.6) is 0 Å². The average molecular weight is 393 g/mol. The second-order valence-corrected chi connectivity index (χ2v) is 6.90. The van der Waals surface area contributed by atoms with Crippen LogP contribution in [0.1, 0.15) is 23.1 Å². The molecule has 1 aromatic heterocycles. The number of nitrogens with zero attached hydrogens (tertiary/aromatic N) is 2. The topological polar surface area (TPSA) is 38.1 Å². The number of para-hydroxylation sites is 2. The van der Waals surface area contributed by atoms with Crippen molar-refractivity contribution in [3.8, 4) is 0 Å². The van der Waals surface area contributed by atoms with Gasteiger partial charge in [-0.1, -0.05) is 70.5 Å². The van der Waals surface area contributed by atoms with E-state index >= 15 is 0 Å². The molecule has 3 aromatic carbocycles. The highest BCUT2D eigenvalue weighted by Crippen LogP contribution is 2.27. The molecule has 0 radical (unpaired) electrons. The van der Waals surface area contributed by atoms with Crippen molar-refractivity contribution in [3.63, 3.8) is 0 Å². The minimum atomic E-state index is -0.763. The maximum Gasteiger partial charge on any atom is 0.143 e. The third-order valence-electron chi connectivity index (χ3n) is 4.27. The van der Waals surface area contributed by atoms with Gasteiger partial charge in [0.15, 0.2) is 0 Å². The number of hydrogen-bond acceptors (Lipinski definition) is 2. The number of imidazole rings is 1. The molecule has 4 heteroatoms. The van der Waals surface area contributed by atoms with Crippen LogP contribution in [-0.4, -0.2) is 14.7 Å². The summed E-state index contributed by atoms with van der Waals surface area (Å²) < 4.78 is 3.13. The molecular formula is C21H17BrN2O. The third-order valence-corrected chi connectivity index (χ3v) is 4.77.